The molecule has 0 aromatic carbocycles. The summed E-state index contributed by atoms with van der Waals surface area (Å²) < 4.78 is 24.8. The Kier molecular flexibility index (Phi) is 1.65. The quantitative estimate of drug-likeness (QED) is 0.711. The summed E-state index contributed by atoms with van der Waals surface area (Å²) in [6.07, 6.45) is 1.57. The van der Waals surface area contributed by atoms with Gasteiger partial charge in [-0.3, -0.25) is 4.98 Å². The number of pyridine rings is 1. The van der Waals surface area contributed by atoms with Crippen LogP contribution in [0, 0.1) is 0 Å². The molecule has 5 heteroatoms. The van der Waals surface area contributed by atoms with Crippen molar-refractivity contribution in [3.63, 3.8) is 0 Å². The van der Waals surface area contributed by atoms with E-state index in [1.165, 1.54) is 18.6 Å². The first-order valence-corrected chi connectivity index (χ1v) is 3.68. The van der Waals surface area contributed by atoms with Crippen molar-refractivity contribution >= 4 is 16.6 Å². The van der Waals surface area contributed by atoms with Gasteiger partial charge in [0, 0.05) is 17.1 Å². The van der Waals surface area contributed by atoms with Crippen LogP contribution in [-0.2, 0) is 0 Å². The van der Waals surface area contributed by atoms with Crippen LogP contribution in [0.15, 0.2) is 18.6 Å². The number of alkyl halides is 2. The minimum atomic E-state index is -2.52. The normalized spacial score (nSPS) is 11.3. The molecule has 3 nitrogen and oxygen atoms in total. The number of rotatable bonds is 1. The molecule has 0 spiro atoms. The average molecular weight is 183 g/mol. The molecule has 68 valence electrons. The van der Waals surface area contributed by atoms with E-state index in [0.29, 0.717) is 10.9 Å². The molecule has 2 aromatic rings. The lowest BCUT2D eigenvalue weighted by Crippen LogP contribution is -1.89. The number of nitrogens with one attached hydrogen (secondary N) is 1. The number of fused-ring (bicyclic) bond motifs is 1. The Bertz CT molecular complexity index is 436. The van der Waals surface area contributed by atoms with Crippen molar-refractivity contribution in [1.82, 2.24) is 9.97 Å². The molecule has 0 aliphatic heterocycles. The number of nitrogens with two attached hydrogens (primary N) is 1. The molecule has 0 aliphatic rings. The fourth-order valence-corrected chi connectivity index (χ4v) is 1.31. The van der Waals surface area contributed by atoms with Crippen LogP contribution in [0.3, 0.4) is 0 Å². The smallest absolute Gasteiger partial charge is 0.265 e. The van der Waals surface area contributed by atoms with Gasteiger partial charge in [-0.2, -0.15) is 0 Å². The van der Waals surface area contributed by atoms with Crippen LogP contribution in [0.4, 0.5) is 14.5 Å². The summed E-state index contributed by atoms with van der Waals surface area (Å²) in [5.74, 6) is 0. The first-order valence-electron chi connectivity index (χ1n) is 3.68. The van der Waals surface area contributed by atoms with Crippen LogP contribution in [0.5, 0.6) is 0 Å². The minimum absolute atomic E-state index is 0.0742. The summed E-state index contributed by atoms with van der Waals surface area (Å²) in [4.78, 5) is 6.47. The van der Waals surface area contributed by atoms with Crippen molar-refractivity contribution in [3.05, 3.63) is 24.2 Å². The third kappa shape index (κ3) is 1.12. The second-order valence-electron chi connectivity index (χ2n) is 2.70. The second kappa shape index (κ2) is 2.69. The van der Waals surface area contributed by atoms with Gasteiger partial charge in [-0.1, -0.05) is 0 Å². The zero-order valence-corrected chi connectivity index (χ0v) is 6.59. The average Bonchev–Trinajstić information content (AvgIpc) is 2.49. The van der Waals surface area contributed by atoms with E-state index in [1.54, 1.807) is 0 Å². The summed E-state index contributed by atoms with van der Waals surface area (Å²) in [5.41, 5.74) is 6.26. The molecular formula is C8H7F2N3. The number of nitrogen functional groups attached to an aromatic ring is 1. The molecule has 2 heterocycles. The topological polar surface area (TPSA) is 54.7 Å². The Morgan fingerprint density at radius 1 is 1.38 bits per heavy atom. The van der Waals surface area contributed by atoms with E-state index in [9.17, 15) is 8.78 Å². The minimum Gasteiger partial charge on any atom is -0.397 e. The van der Waals surface area contributed by atoms with Crippen LogP contribution in [0.2, 0.25) is 0 Å². The van der Waals surface area contributed by atoms with E-state index < -0.39 is 6.43 Å². The molecule has 2 rings (SSSR count). The van der Waals surface area contributed by atoms with Crippen molar-refractivity contribution in [2.75, 3.05) is 5.73 Å². The number of hydrogen-bond donors (Lipinski definition) is 2. The highest BCUT2D eigenvalue weighted by molar-refractivity contribution is 5.93. The maximum Gasteiger partial charge on any atom is 0.265 e. The van der Waals surface area contributed by atoms with Gasteiger partial charge < -0.3 is 10.7 Å². The highest BCUT2D eigenvalue weighted by Gasteiger charge is 2.14. The van der Waals surface area contributed by atoms with Crippen molar-refractivity contribution in [3.8, 4) is 0 Å². The molecule has 13 heavy (non-hydrogen) atoms. The van der Waals surface area contributed by atoms with E-state index >= 15 is 0 Å². The van der Waals surface area contributed by atoms with Gasteiger partial charge in [0.1, 0.15) is 0 Å². The summed E-state index contributed by atoms with van der Waals surface area (Å²) in [7, 11) is 0. The molecule has 0 atom stereocenters. The molecule has 0 radical (unpaired) electrons. The molecule has 0 aliphatic carbocycles. The molecule has 3 N–H and O–H groups in total. The maximum absolute atomic E-state index is 12.4. The van der Waals surface area contributed by atoms with Crippen molar-refractivity contribution in [2.45, 2.75) is 6.43 Å². The number of H-pyrrole nitrogens is 1. The lowest BCUT2D eigenvalue weighted by Gasteiger charge is -1.98. The molecule has 0 saturated heterocycles. The first kappa shape index (κ1) is 7.97. The lowest BCUT2D eigenvalue weighted by atomic mass is 10.2. The highest BCUT2D eigenvalue weighted by atomic mass is 19.3. The number of hydrogen-bond acceptors (Lipinski definition) is 2. The van der Waals surface area contributed by atoms with Crippen LogP contribution in [-0.4, -0.2) is 9.97 Å². The zero-order chi connectivity index (χ0) is 9.42. The Balaban J connectivity index is 2.79. The third-order valence-corrected chi connectivity index (χ3v) is 1.88. The number of aromatic nitrogens is 2. The second-order valence-corrected chi connectivity index (χ2v) is 2.70. The summed E-state index contributed by atoms with van der Waals surface area (Å²) in [5, 5.41) is 0.366. The first-order chi connectivity index (χ1) is 6.20. The van der Waals surface area contributed by atoms with Gasteiger partial charge >= 0.3 is 0 Å². The standard InChI is InChI=1S/C8H7F2N3/c9-8(10)4-1-13-6-3-12-2-5(11)7(4)6/h1-3,8,13H,11H2. The van der Waals surface area contributed by atoms with Crippen LogP contribution >= 0.6 is 0 Å². The Labute approximate surface area is 72.6 Å². The van der Waals surface area contributed by atoms with Crippen LogP contribution < -0.4 is 5.73 Å². The van der Waals surface area contributed by atoms with Gasteiger partial charge in [0.15, 0.2) is 0 Å². The Morgan fingerprint density at radius 3 is 2.85 bits per heavy atom. The summed E-state index contributed by atoms with van der Waals surface area (Å²) >= 11 is 0. The van der Waals surface area contributed by atoms with Gasteiger partial charge in [-0.25, -0.2) is 8.78 Å². The summed E-state index contributed by atoms with van der Waals surface area (Å²) in [6.45, 7) is 0. The lowest BCUT2D eigenvalue weighted by molar-refractivity contribution is 0.153. The maximum atomic E-state index is 12.4. The number of aromatic amines is 1. The SMILES string of the molecule is Nc1cncc2[nH]cc(C(F)F)c12. The molecule has 0 fully saturated rings. The van der Waals surface area contributed by atoms with Gasteiger partial charge in [0.05, 0.1) is 23.6 Å². The zero-order valence-electron chi connectivity index (χ0n) is 6.59. The van der Waals surface area contributed by atoms with Gasteiger partial charge in [-0.15, -0.1) is 0 Å². The van der Waals surface area contributed by atoms with Gasteiger partial charge in [0.2, 0.25) is 0 Å². The Hall–Kier alpha value is -1.65. The van der Waals surface area contributed by atoms with Crippen LogP contribution in [0.25, 0.3) is 10.9 Å². The van der Waals surface area contributed by atoms with Gasteiger partial charge in [0.25, 0.3) is 6.43 Å². The Morgan fingerprint density at radius 2 is 2.15 bits per heavy atom. The third-order valence-electron chi connectivity index (χ3n) is 1.88. The van der Waals surface area contributed by atoms with E-state index in [2.05, 4.69) is 9.97 Å². The largest absolute Gasteiger partial charge is 0.397 e. The van der Waals surface area contributed by atoms with Crippen molar-refractivity contribution in [1.29, 1.82) is 0 Å². The predicted octanol–water partition coefficient (Wildman–Crippen LogP) is 2.08. The summed E-state index contributed by atoms with van der Waals surface area (Å²) in [6, 6.07) is 0. The molecule has 2 aromatic heterocycles. The monoisotopic (exact) mass is 183 g/mol. The van der Waals surface area contributed by atoms with Crippen LogP contribution in [0.1, 0.15) is 12.0 Å². The van der Waals surface area contributed by atoms with E-state index in [-0.39, 0.29) is 11.3 Å². The molecule has 0 amide bonds. The van der Waals surface area contributed by atoms with Crippen molar-refractivity contribution < 1.29 is 8.78 Å². The highest BCUT2D eigenvalue weighted by Crippen LogP contribution is 2.30. The fraction of sp³-hybridized carbons (Fsp3) is 0.125. The molecule has 0 saturated carbocycles. The number of nitrogens with zero attached hydrogens (tertiary/aromatic N) is 1. The van der Waals surface area contributed by atoms with Gasteiger partial charge in [-0.05, 0) is 0 Å². The van der Waals surface area contributed by atoms with E-state index in [1.807, 2.05) is 0 Å². The van der Waals surface area contributed by atoms with E-state index in [0.717, 1.165) is 0 Å². The number of anilines is 1. The molecule has 0 bridgehead atoms. The molecular weight excluding hydrogens is 176 g/mol. The number of halogens is 2. The fourth-order valence-electron chi connectivity index (χ4n) is 1.31. The van der Waals surface area contributed by atoms with E-state index in [4.69, 9.17) is 5.73 Å². The molecule has 0 unspecified atom stereocenters. The predicted molar refractivity (Wildman–Crippen MR) is 45.5 cm³/mol. The van der Waals surface area contributed by atoms with Crippen molar-refractivity contribution in [2.24, 2.45) is 0 Å².